The maximum Gasteiger partial charge on any atom is 0.267 e. The van der Waals surface area contributed by atoms with Crippen LogP contribution >= 0.6 is 0 Å². The molecule has 26 heavy (non-hydrogen) atoms. The molecule has 1 aliphatic heterocycles. The Morgan fingerprint density at radius 1 is 1.38 bits per heavy atom. The normalized spacial score (nSPS) is 22.2. The summed E-state index contributed by atoms with van der Waals surface area (Å²) in [6, 6.07) is 5.85. The van der Waals surface area contributed by atoms with Crippen LogP contribution in [0.4, 0.5) is 0 Å². The van der Waals surface area contributed by atoms with Gasteiger partial charge >= 0.3 is 0 Å². The van der Waals surface area contributed by atoms with Gasteiger partial charge in [0.05, 0.1) is 25.2 Å². The third-order valence-electron chi connectivity index (χ3n) is 5.44. The highest BCUT2D eigenvalue weighted by atomic mass is 16.5. The number of amides is 1. The third kappa shape index (κ3) is 3.14. The molecule has 7 heteroatoms. The third-order valence-corrected chi connectivity index (χ3v) is 5.44. The molecule has 1 atom stereocenters. The second kappa shape index (κ2) is 6.64. The number of hydrogen-bond donors (Lipinski definition) is 4. The van der Waals surface area contributed by atoms with E-state index in [0.29, 0.717) is 30.7 Å². The summed E-state index contributed by atoms with van der Waals surface area (Å²) in [7, 11) is 0. The summed E-state index contributed by atoms with van der Waals surface area (Å²) in [6.07, 6.45) is 1.94. The van der Waals surface area contributed by atoms with Crippen molar-refractivity contribution in [3.8, 4) is 5.75 Å². The first-order valence-corrected chi connectivity index (χ1v) is 9.00. The minimum atomic E-state index is -0.299. The first-order valence-electron chi connectivity index (χ1n) is 9.00. The van der Waals surface area contributed by atoms with Crippen LogP contribution < -0.4 is 15.6 Å². The van der Waals surface area contributed by atoms with Gasteiger partial charge in [-0.2, -0.15) is 0 Å². The molecule has 2 aliphatic rings. The number of aromatic amines is 2. The number of rotatable bonds is 5. The fraction of sp³-hybridized carbons (Fsp3) is 0.474. The van der Waals surface area contributed by atoms with Crippen molar-refractivity contribution < 1.29 is 14.6 Å². The molecule has 4 rings (SSSR count). The molecule has 2 aromatic rings. The molecule has 4 N–H and O–H groups in total. The van der Waals surface area contributed by atoms with Crippen molar-refractivity contribution in [2.45, 2.75) is 44.8 Å². The van der Waals surface area contributed by atoms with Gasteiger partial charge in [-0.1, -0.05) is 6.07 Å². The molecule has 2 heterocycles. The number of aromatic nitrogens is 2. The molecule has 1 unspecified atom stereocenters. The number of carbonyl (C=O) groups excluding carboxylic acids is 1. The summed E-state index contributed by atoms with van der Waals surface area (Å²) in [5, 5.41) is 18.0. The Bertz CT molecular complexity index is 879. The molecule has 1 fully saturated rings. The highest BCUT2D eigenvalue weighted by Crippen LogP contribution is 2.39. The highest BCUT2D eigenvalue weighted by Gasteiger charge is 2.36. The van der Waals surface area contributed by atoms with E-state index in [1.165, 1.54) is 0 Å². The Hall–Kier alpha value is -2.54. The summed E-state index contributed by atoms with van der Waals surface area (Å²) < 4.78 is 5.56. The predicted molar refractivity (Wildman–Crippen MR) is 95.1 cm³/mol. The number of fused-ring (bicyclic) bond motifs is 1. The Kier molecular flexibility index (Phi) is 4.32. The summed E-state index contributed by atoms with van der Waals surface area (Å²) in [6.45, 7) is 2.45. The van der Waals surface area contributed by atoms with Crippen molar-refractivity contribution in [1.29, 1.82) is 0 Å². The van der Waals surface area contributed by atoms with Gasteiger partial charge in [0, 0.05) is 17.7 Å². The quantitative estimate of drug-likeness (QED) is 0.643. The van der Waals surface area contributed by atoms with Crippen molar-refractivity contribution in [2.75, 3.05) is 6.61 Å². The lowest BCUT2D eigenvalue weighted by Gasteiger charge is -2.38. The van der Waals surface area contributed by atoms with Crippen LogP contribution in [-0.4, -0.2) is 33.9 Å². The van der Waals surface area contributed by atoms with Crippen LogP contribution in [0.1, 0.15) is 41.3 Å². The van der Waals surface area contributed by atoms with Gasteiger partial charge in [-0.3, -0.25) is 14.7 Å². The van der Waals surface area contributed by atoms with Gasteiger partial charge in [0.2, 0.25) is 5.91 Å². The number of aliphatic hydroxyl groups excluding tert-OH is 1. The summed E-state index contributed by atoms with van der Waals surface area (Å²) in [4.78, 5) is 24.4. The number of hydrogen-bond acceptors (Lipinski definition) is 4. The number of carbonyl (C=O) groups is 1. The Labute approximate surface area is 150 Å². The van der Waals surface area contributed by atoms with Gasteiger partial charge in [0.1, 0.15) is 5.75 Å². The van der Waals surface area contributed by atoms with Crippen molar-refractivity contribution >= 4 is 5.91 Å². The average Bonchev–Trinajstić information content (AvgIpc) is 3.18. The van der Waals surface area contributed by atoms with Gasteiger partial charge in [-0.05, 0) is 48.9 Å². The smallest absolute Gasteiger partial charge is 0.267 e. The number of ether oxygens (including phenoxy) is 1. The van der Waals surface area contributed by atoms with Crippen molar-refractivity contribution in [1.82, 2.24) is 15.5 Å². The molecule has 0 radical (unpaired) electrons. The second-order valence-corrected chi connectivity index (χ2v) is 7.26. The fourth-order valence-corrected chi connectivity index (χ4v) is 3.84. The molecule has 1 aromatic carbocycles. The first kappa shape index (κ1) is 16.9. The van der Waals surface area contributed by atoms with Crippen LogP contribution in [0.25, 0.3) is 0 Å². The van der Waals surface area contributed by atoms with Gasteiger partial charge in [-0.25, -0.2) is 0 Å². The zero-order chi connectivity index (χ0) is 18.3. The van der Waals surface area contributed by atoms with Gasteiger partial charge < -0.3 is 20.3 Å². The summed E-state index contributed by atoms with van der Waals surface area (Å²) in [5.74, 6) is 0.906. The Balaban J connectivity index is 1.54. The van der Waals surface area contributed by atoms with Crippen molar-refractivity contribution in [2.24, 2.45) is 5.92 Å². The minimum Gasteiger partial charge on any atom is -0.493 e. The zero-order valence-electron chi connectivity index (χ0n) is 14.7. The number of aryl methyl sites for hydroxylation is 1. The molecule has 7 nitrogen and oxygen atoms in total. The maximum absolute atomic E-state index is 12.6. The van der Waals surface area contributed by atoms with E-state index in [4.69, 9.17) is 4.74 Å². The van der Waals surface area contributed by atoms with Gasteiger partial charge in [0.15, 0.2) is 0 Å². The number of aliphatic hydroxyl groups is 1. The summed E-state index contributed by atoms with van der Waals surface area (Å²) >= 11 is 0. The highest BCUT2D eigenvalue weighted by molar-refractivity contribution is 5.79. The number of nitrogens with one attached hydrogen (secondary N) is 3. The monoisotopic (exact) mass is 357 g/mol. The van der Waals surface area contributed by atoms with E-state index < -0.39 is 0 Å². The fourth-order valence-electron chi connectivity index (χ4n) is 3.84. The molecule has 0 bridgehead atoms. The van der Waals surface area contributed by atoms with Crippen LogP contribution in [0.15, 0.2) is 23.0 Å². The van der Waals surface area contributed by atoms with E-state index in [9.17, 15) is 14.7 Å². The number of H-pyrrole nitrogens is 2. The lowest BCUT2D eigenvalue weighted by atomic mass is 9.74. The number of benzene rings is 1. The van der Waals surface area contributed by atoms with E-state index in [2.05, 4.69) is 21.6 Å². The molecular formula is C19H23N3O4. The second-order valence-electron chi connectivity index (χ2n) is 7.26. The SMILES string of the molecule is Cc1[nH][nH]c(=O)c1CC(=O)NC(c1ccc2c(c1)CCO2)C1CC(O)C1. The Morgan fingerprint density at radius 2 is 2.19 bits per heavy atom. The standard InChI is InChI=1S/C19H23N3O4/c1-10-15(19(25)22-21-10)9-17(24)20-18(13-7-14(23)8-13)12-2-3-16-11(6-12)4-5-26-16/h2-3,6,13-14,18,23H,4-5,7-9H2,1H3,(H,20,24)(H2,21,22,25). The molecular weight excluding hydrogens is 334 g/mol. The predicted octanol–water partition coefficient (Wildman–Crippen LogP) is 1.12. The van der Waals surface area contributed by atoms with Gasteiger partial charge in [-0.15, -0.1) is 0 Å². The molecule has 0 spiro atoms. The van der Waals surface area contributed by atoms with Crippen molar-refractivity contribution in [3.05, 3.63) is 50.9 Å². The molecule has 138 valence electrons. The Morgan fingerprint density at radius 3 is 2.88 bits per heavy atom. The molecule has 1 saturated carbocycles. The van der Waals surface area contributed by atoms with E-state index in [-0.39, 0.29) is 36.0 Å². The van der Waals surface area contributed by atoms with E-state index in [1.54, 1.807) is 6.92 Å². The lowest BCUT2D eigenvalue weighted by Crippen LogP contribution is -2.42. The minimum absolute atomic E-state index is 0.0322. The molecule has 1 amide bonds. The van der Waals surface area contributed by atoms with E-state index in [0.717, 1.165) is 23.3 Å². The van der Waals surface area contributed by atoms with E-state index in [1.807, 2.05) is 12.1 Å². The summed E-state index contributed by atoms with van der Waals surface area (Å²) in [5.41, 5.74) is 3.05. The van der Waals surface area contributed by atoms with Crippen LogP contribution in [0, 0.1) is 12.8 Å². The van der Waals surface area contributed by atoms with E-state index >= 15 is 0 Å². The lowest BCUT2D eigenvalue weighted by molar-refractivity contribution is -0.122. The first-order chi connectivity index (χ1) is 12.5. The van der Waals surface area contributed by atoms with Crippen molar-refractivity contribution in [3.63, 3.8) is 0 Å². The van der Waals surface area contributed by atoms with Crippen LogP contribution in [0.3, 0.4) is 0 Å². The maximum atomic E-state index is 12.6. The molecule has 0 saturated heterocycles. The molecule has 1 aliphatic carbocycles. The van der Waals surface area contributed by atoms with Gasteiger partial charge in [0.25, 0.3) is 5.56 Å². The average molecular weight is 357 g/mol. The van der Waals surface area contributed by atoms with Crippen LogP contribution in [-0.2, 0) is 17.6 Å². The largest absolute Gasteiger partial charge is 0.493 e. The topological polar surface area (TPSA) is 107 Å². The molecule has 1 aromatic heterocycles. The van der Waals surface area contributed by atoms with Crippen LogP contribution in [0.5, 0.6) is 5.75 Å². The van der Waals surface area contributed by atoms with Crippen LogP contribution in [0.2, 0.25) is 0 Å². The zero-order valence-corrected chi connectivity index (χ0v) is 14.7.